The summed E-state index contributed by atoms with van der Waals surface area (Å²) in [6.07, 6.45) is -0.539. The first-order valence-corrected chi connectivity index (χ1v) is 6.87. The number of rotatable bonds is 1. The molecule has 0 spiro atoms. The van der Waals surface area contributed by atoms with Crippen molar-refractivity contribution in [2.24, 2.45) is 0 Å². The molecule has 0 bridgehead atoms. The molecule has 4 nitrogen and oxygen atoms in total. The quantitative estimate of drug-likeness (QED) is 0.810. The Bertz CT molecular complexity index is 577. The van der Waals surface area contributed by atoms with Crippen LogP contribution in [0.4, 0.5) is 18.0 Å². The second-order valence-corrected chi connectivity index (χ2v) is 6.44. The summed E-state index contributed by atoms with van der Waals surface area (Å²) >= 11 is 0. The van der Waals surface area contributed by atoms with E-state index in [-0.39, 0.29) is 25.1 Å². The van der Waals surface area contributed by atoms with Crippen molar-refractivity contribution in [3.05, 3.63) is 35.1 Å². The number of likely N-dealkylation sites (tertiary alicyclic amines) is 1. The Morgan fingerprint density at radius 1 is 1.27 bits per heavy atom. The van der Waals surface area contributed by atoms with Crippen LogP contribution in [0.25, 0.3) is 0 Å². The van der Waals surface area contributed by atoms with Gasteiger partial charge in [-0.15, -0.1) is 0 Å². The van der Waals surface area contributed by atoms with Crippen LogP contribution in [0.15, 0.2) is 12.1 Å². The zero-order valence-corrected chi connectivity index (χ0v) is 12.6. The van der Waals surface area contributed by atoms with Crippen molar-refractivity contribution in [2.45, 2.75) is 38.4 Å². The van der Waals surface area contributed by atoms with E-state index in [0.29, 0.717) is 0 Å². The molecule has 7 heteroatoms. The Morgan fingerprint density at radius 2 is 1.82 bits per heavy atom. The van der Waals surface area contributed by atoms with Crippen LogP contribution in [0.2, 0.25) is 0 Å². The summed E-state index contributed by atoms with van der Waals surface area (Å²) in [6.45, 7) is 5.12. The maximum Gasteiger partial charge on any atom is 0.410 e. The van der Waals surface area contributed by atoms with Crippen LogP contribution in [0.3, 0.4) is 0 Å². The normalized spacial score (nSPS) is 22.0. The SMILES string of the molecule is CC(C)(C)OC(=O)N1CCC(O)(c2cc(F)c(F)c(F)c2)C1. The van der Waals surface area contributed by atoms with E-state index in [0.717, 1.165) is 12.1 Å². The van der Waals surface area contributed by atoms with Crippen LogP contribution in [0, 0.1) is 17.5 Å². The highest BCUT2D eigenvalue weighted by atomic mass is 19.2. The fourth-order valence-corrected chi connectivity index (χ4v) is 2.34. The Morgan fingerprint density at radius 3 is 2.32 bits per heavy atom. The minimum Gasteiger partial charge on any atom is -0.444 e. The summed E-state index contributed by atoms with van der Waals surface area (Å²) in [5.74, 6) is -4.34. The van der Waals surface area contributed by atoms with Crippen molar-refractivity contribution in [3.63, 3.8) is 0 Å². The number of hydrogen-bond acceptors (Lipinski definition) is 3. The largest absolute Gasteiger partial charge is 0.444 e. The summed E-state index contributed by atoms with van der Waals surface area (Å²) in [5, 5.41) is 10.5. The molecule has 0 radical (unpaired) electrons. The molecular formula is C15H18F3NO3. The van der Waals surface area contributed by atoms with Gasteiger partial charge in [0.25, 0.3) is 0 Å². The van der Waals surface area contributed by atoms with E-state index in [1.807, 2.05) is 0 Å². The van der Waals surface area contributed by atoms with E-state index in [4.69, 9.17) is 4.74 Å². The molecule has 1 unspecified atom stereocenters. The smallest absolute Gasteiger partial charge is 0.410 e. The average molecular weight is 317 g/mol. The van der Waals surface area contributed by atoms with Gasteiger partial charge in [0.15, 0.2) is 17.5 Å². The number of β-amino-alcohol motifs (C(OH)–C–C–N with tert-alkyl or cyclic N) is 1. The molecule has 1 aromatic carbocycles. The third kappa shape index (κ3) is 3.35. The van der Waals surface area contributed by atoms with Gasteiger partial charge in [-0.25, -0.2) is 18.0 Å². The molecule has 1 fully saturated rings. The van der Waals surface area contributed by atoms with Gasteiger partial charge in [0, 0.05) is 6.54 Å². The lowest BCUT2D eigenvalue weighted by Crippen LogP contribution is -2.38. The van der Waals surface area contributed by atoms with E-state index in [1.165, 1.54) is 4.90 Å². The van der Waals surface area contributed by atoms with E-state index >= 15 is 0 Å². The molecule has 1 amide bonds. The molecule has 0 aliphatic carbocycles. The molecule has 0 saturated carbocycles. The molecule has 1 heterocycles. The third-order valence-corrected chi connectivity index (χ3v) is 3.42. The molecule has 0 aromatic heterocycles. The number of benzene rings is 1. The maximum atomic E-state index is 13.3. The first-order valence-electron chi connectivity index (χ1n) is 6.87. The Balaban J connectivity index is 2.19. The number of aliphatic hydroxyl groups is 1. The van der Waals surface area contributed by atoms with E-state index in [2.05, 4.69) is 0 Å². The molecule has 1 aromatic rings. The monoisotopic (exact) mass is 317 g/mol. The van der Waals surface area contributed by atoms with Crippen LogP contribution in [0.1, 0.15) is 32.8 Å². The second kappa shape index (κ2) is 5.46. The van der Waals surface area contributed by atoms with Crippen molar-refractivity contribution in [1.29, 1.82) is 0 Å². The Kier molecular flexibility index (Phi) is 4.12. The highest BCUT2D eigenvalue weighted by molar-refractivity contribution is 5.68. The standard InChI is InChI=1S/C15H18F3NO3/c1-14(2,3)22-13(20)19-5-4-15(21,8-19)9-6-10(16)12(18)11(17)7-9/h6-7,21H,4-5,8H2,1-3H3. The molecule has 122 valence electrons. The number of carbonyl (C=O) groups excluding carboxylic acids is 1. The van der Waals surface area contributed by atoms with Gasteiger partial charge in [0.2, 0.25) is 0 Å². The van der Waals surface area contributed by atoms with Gasteiger partial charge in [-0.1, -0.05) is 0 Å². The number of amides is 1. The lowest BCUT2D eigenvalue weighted by Gasteiger charge is -2.26. The van der Waals surface area contributed by atoms with Crippen LogP contribution in [-0.4, -0.2) is 34.8 Å². The second-order valence-electron chi connectivity index (χ2n) is 6.44. The minimum absolute atomic E-state index is 0.0801. The molecule has 1 saturated heterocycles. The fourth-order valence-electron chi connectivity index (χ4n) is 2.34. The third-order valence-electron chi connectivity index (χ3n) is 3.42. The molecule has 1 aliphatic rings. The minimum atomic E-state index is -1.63. The Hall–Kier alpha value is -1.76. The maximum absolute atomic E-state index is 13.3. The zero-order chi connectivity index (χ0) is 16.7. The lowest BCUT2D eigenvalue weighted by molar-refractivity contribution is 0.0138. The van der Waals surface area contributed by atoms with E-state index in [1.54, 1.807) is 20.8 Å². The van der Waals surface area contributed by atoms with Crippen molar-refractivity contribution < 1.29 is 27.8 Å². The van der Waals surface area contributed by atoms with Crippen LogP contribution >= 0.6 is 0 Å². The number of ether oxygens (including phenoxy) is 1. The number of nitrogens with zero attached hydrogens (tertiary/aromatic N) is 1. The average Bonchev–Trinajstić information content (AvgIpc) is 2.77. The molecule has 2 rings (SSSR count). The van der Waals surface area contributed by atoms with E-state index < -0.39 is 34.7 Å². The van der Waals surface area contributed by atoms with Gasteiger partial charge in [-0.3, -0.25) is 0 Å². The zero-order valence-electron chi connectivity index (χ0n) is 12.6. The van der Waals surface area contributed by atoms with Gasteiger partial charge in [-0.05, 0) is 44.9 Å². The van der Waals surface area contributed by atoms with Gasteiger partial charge >= 0.3 is 6.09 Å². The van der Waals surface area contributed by atoms with Gasteiger partial charge < -0.3 is 14.7 Å². The van der Waals surface area contributed by atoms with Crippen LogP contribution in [0.5, 0.6) is 0 Å². The molecule has 1 atom stereocenters. The number of halogens is 3. The summed E-state index contributed by atoms with van der Waals surface area (Å²) < 4.78 is 44.8. The molecule has 1 aliphatic heterocycles. The van der Waals surface area contributed by atoms with Gasteiger partial charge in [0.1, 0.15) is 11.2 Å². The van der Waals surface area contributed by atoms with Crippen LogP contribution < -0.4 is 0 Å². The Labute approximate surface area is 126 Å². The van der Waals surface area contributed by atoms with Crippen molar-refractivity contribution in [3.8, 4) is 0 Å². The molecular weight excluding hydrogens is 299 g/mol. The van der Waals surface area contributed by atoms with Gasteiger partial charge in [-0.2, -0.15) is 0 Å². The van der Waals surface area contributed by atoms with Crippen molar-refractivity contribution >= 4 is 6.09 Å². The van der Waals surface area contributed by atoms with E-state index in [9.17, 15) is 23.1 Å². The lowest BCUT2D eigenvalue weighted by atomic mass is 9.93. The summed E-state index contributed by atoms with van der Waals surface area (Å²) in [4.78, 5) is 13.2. The number of hydrogen-bond donors (Lipinski definition) is 1. The number of carbonyl (C=O) groups is 1. The first-order chi connectivity index (χ1) is 10.0. The molecule has 22 heavy (non-hydrogen) atoms. The first kappa shape index (κ1) is 16.6. The highest BCUT2D eigenvalue weighted by Crippen LogP contribution is 2.34. The predicted octanol–water partition coefficient (Wildman–Crippen LogP) is 2.93. The summed E-state index contributed by atoms with van der Waals surface area (Å²) in [5.41, 5.74) is -2.42. The molecule has 1 N–H and O–H groups in total. The fraction of sp³-hybridized carbons (Fsp3) is 0.533. The highest BCUT2D eigenvalue weighted by Gasteiger charge is 2.41. The topological polar surface area (TPSA) is 49.8 Å². The van der Waals surface area contributed by atoms with Crippen molar-refractivity contribution in [1.82, 2.24) is 4.90 Å². The van der Waals surface area contributed by atoms with Gasteiger partial charge in [0.05, 0.1) is 6.54 Å². The van der Waals surface area contributed by atoms with Crippen molar-refractivity contribution in [2.75, 3.05) is 13.1 Å². The van der Waals surface area contributed by atoms with Crippen LogP contribution in [-0.2, 0) is 10.3 Å². The summed E-state index contributed by atoms with van der Waals surface area (Å²) in [7, 11) is 0. The predicted molar refractivity (Wildman–Crippen MR) is 72.6 cm³/mol. The summed E-state index contributed by atoms with van der Waals surface area (Å²) in [6, 6.07) is 1.49.